The van der Waals surface area contributed by atoms with E-state index in [9.17, 15) is 0 Å². The highest BCUT2D eigenvalue weighted by molar-refractivity contribution is 7.80. The van der Waals surface area contributed by atoms with E-state index in [1.54, 1.807) is 0 Å². The number of nitrogens with zero attached hydrogens (tertiary/aromatic N) is 3. The van der Waals surface area contributed by atoms with Crippen molar-refractivity contribution < 1.29 is 0 Å². The van der Waals surface area contributed by atoms with Gasteiger partial charge in [-0.15, -0.1) is 0 Å². The lowest BCUT2D eigenvalue weighted by atomic mass is 9.96. The van der Waals surface area contributed by atoms with Crippen molar-refractivity contribution in [3.8, 4) is 0 Å². The molecule has 5 rings (SSSR count). The zero-order valence-electron chi connectivity index (χ0n) is 20.9. The van der Waals surface area contributed by atoms with Crippen LogP contribution in [0, 0.1) is 13.8 Å². The van der Waals surface area contributed by atoms with Gasteiger partial charge in [0.15, 0.2) is 5.11 Å². The molecule has 2 aromatic carbocycles. The molecule has 1 fully saturated rings. The van der Waals surface area contributed by atoms with Crippen LogP contribution < -0.4 is 10.6 Å². The molecule has 0 aliphatic carbocycles. The van der Waals surface area contributed by atoms with Gasteiger partial charge in [0.1, 0.15) is 0 Å². The molecule has 2 aromatic heterocycles. The van der Waals surface area contributed by atoms with Crippen molar-refractivity contribution in [1.29, 1.82) is 0 Å². The van der Waals surface area contributed by atoms with E-state index >= 15 is 0 Å². The van der Waals surface area contributed by atoms with Gasteiger partial charge in [0.05, 0.1) is 17.8 Å². The molecule has 0 unspecified atom stereocenters. The Hall–Kier alpha value is -3.64. The molecule has 1 aliphatic rings. The summed E-state index contributed by atoms with van der Waals surface area (Å²) in [6.07, 6.45) is 2.84. The second-order valence-corrected chi connectivity index (χ2v) is 9.75. The minimum absolute atomic E-state index is 0.00598. The lowest BCUT2D eigenvalue weighted by Crippen LogP contribution is -2.31. The summed E-state index contributed by atoms with van der Waals surface area (Å²) in [6.45, 7) is 7.04. The van der Waals surface area contributed by atoms with Crippen LogP contribution in [0.5, 0.6) is 0 Å². The molecule has 3 heterocycles. The zero-order chi connectivity index (χ0) is 24.9. The summed E-state index contributed by atoms with van der Waals surface area (Å²) >= 11 is 5.89. The highest BCUT2D eigenvalue weighted by Gasteiger charge is 2.41. The Bertz CT molecular complexity index is 1290. The third kappa shape index (κ3) is 5.14. The molecule has 4 aromatic rings. The summed E-state index contributed by atoms with van der Waals surface area (Å²) in [4.78, 5) is 7.06. The second kappa shape index (κ2) is 11.0. The topological polar surface area (TPSA) is 45.1 Å². The standard InChI is InChI=1S/C30H33N5S/c1-22-20-26(23(2)35(22)21-24-12-5-3-6-13-24)29-28(27-16-9-10-17-32-27)33-30(36)34(29)19-11-18-31-25-14-7-4-8-15-25/h3-10,12-17,20,28-29,31H,11,18-19,21H2,1-2H3,(H,33,36)/t28-,29-/m1/s1. The van der Waals surface area contributed by atoms with Crippen LogP contribution in [0.25, 0.3) is 0 Å². The fourth-order valence-corrected chi connectivity index (χ4v) is 5.49. The SMILES string of the molecule is Cc1cc([C@@H]2[C@@H](c3ccccn3)NC(=S)N2CCCNc2ccccc2)c(C)n1Cc1ccccc1. The Kier molecular flexibility index (Phi) is 7.33. The van der Waals surface area contributed by atoms with Crippen LogP contribution in [0.2, 0.25) is 0 Å². The van der Waals surface area contributed by atoms with Crippen molar-refractivity contribution in [1.82, 2.24) is 19.8 Å². The van der Waals surface area contributed by atoms with Gasteiger partial charge in [-0.05, 0) is 73.9 Å². The Morgan fingerprint density at radius 3 is 2.39 bits per heavy atom. The summed E-state index contributed by atoms with van der Waals surface area (Å²) in [5.74, 6) is 0. The molecule has 0 radical (unpaired) electrons. The number of nitrogens with one attached hydrogen (secondary N) is 2. The maximum atomic E-state index is 5.89. The number of hydrogen-bond acceptors (Lipinski definition) is 3. The van der Waals surface area contributed by atoms with Gasteiger partial charge < -0.3 is 20.1 Å². The first-order valence-corrected chi connectivity index (χ1v) is 13.0. The van der Waals surface area contributed by atoms with Crippen molar-refractivity contribution in [2.24, 2.45) is 0 Å². The van der Waals surface area contributed by atoms with Gasteiger partial charge in [0, 0.05) is 42.9 Å². The average molecular weight is 496 g/mol. The van der Waals surface area contributed by atoms with Gasteiger partial charge in [-0.3, -0.25) is 4.98 Å². The molecule has 1 saturated heterocycles. The van der Waals surface area contributed by atoms with Crippen LogP contribution in [0.15, 0.2) is 91.1 Å². The highest BCUT2D eigenvalue weighted by atomic mass is 32.1. The predicted octanol–water partition coefficient (Wildman–Crippen LogP) is 6.02. The lowest BCUT2D eigenvalue weighted by Gasteiger charge is -2.28. The smallest absolute Gasteiger partial charge is 0.170 e. The number of aromatic nitrogens is 2. The fourth-order valence-electron chi connectivity index (χ4n) is 5.16. The largest absolute Gasteiger partial charge is 0.385 e. The fraction of sp³-hybridized carbons (Fsp3) is 0.267. The van der Waals surface area contributed by atoms with Crippen molar-refractivity contribution in [3.05, 3.63) is 119 Å². The number of benzene rings is 2. The average Bonchev–Trinajstić information content (AvgIpc) is 3.38. The van der Waals surface area contributed by atoms with Crippen molar-refractivity contribution >= 4 is 23.0 Å². The van der Waals surface area contributed by atoms with E-state index in [1.165, 1.54) is 22.5 Å². The Balaban J connectivity index is 1.41. The quantitative estimate of drug-likeness (QED) is 0.220. The number of anilines is 1. The van der Waals surface area contributed by atoms with E-state index in [2.05, 4.69) is 107 Å². The van der Waals surface area contributed by atoms with Gasteiger partial charge >= 0.3 is 0 Å². The van der Waals surface area contributed by atoms with Gasteiger partial charge in [-0.2, -0.15) is 0 Å². The van der Waals surface area contributed by atoms with E-state index in [4.69, 9.17) is 17.2 Å². The van der Waals surface area contributed by atoms with Crippen LogP contribution in [-0.4, -0.2) is 32.7 Å². The van der Waals surface area contributed by atoms with Crippen molar-refractivity contribution in [2.45, 2.75) is 38.9 Å². The number of pyridine rings is 1. The minimum atomic E-state index is 0.00598. The molecule has 0 amide bonds. The number of thiocarbonyl (C=S) groups is 1. The Labute approximate surface area is 219 Å². The summed E-state index contributed by atoms with van der Waals surface area (Å²) < 4.78 is 2.41. The van der Waals surface area contributed by atoms with E-state index < -0.39 is 0 Å². The number of aryl methyl sites for hydroxylation is 1. The number of hydrogen-bond donors (Lipinski definition) is 2. The molecule has 36 heavy (non-hydrogen) atoms. The first-order valence-electron chi connectivity index (χ1n) is 12.6. The zero-order valence-corrected chi connectivity index (χ0v) is 21.7. The molecular formula is C30H33N5S. The van der Waals surface area contributed by atoms with E-state index in [-0.39, 0.29) is 12.1 Å². The molecule has 0 bridgehead atoms. The predicted molar refractivity (Wildman–Crippen MR) is 151 cm³/mol. The van der Waals surface area contributed by atoms with Crippen LogP contribution in [0.4, 0.5) is 5.69 Å². The van der Waals surface area contributed by atoms with Crippen molar-refractivity contribution in [2.75, 3.05) is 18.4 Å². The van der Waals surface area contributed by atoms with Crippen molar-refractivity contribution in [3.63, 3.8) is 0 Å². The van der Waals surface area contributed by atoms with E-state index in [0.29, 0.717) is 0 Å². The molecule has 184 valence electrons. The van der Waals surface area contributed by atoms with Gasteiger partial charge in [0.2, 0.25) is 0 Å². The summed E-state index contributed by atoms with van der Waals surface area (Å²) in [7, 11) is 0. The Morgan fingerprint density at radius 1 is 0.944 bits per heavy atom. The highest BCUT2D eigenvalue weighted by Crippen LogP contribution is 2.41. The second-order valence-electron chi connectivity index (χ2n) is 9.36. The van der Waals surface area contributed by atoms with Crippen LogP contribution in [0.3, 0.4) is 0 Å². The third-order valence-electron chi connectivity index (χ3n) is 6.99. The monoisotopic (exact) mass is 495 g/mol. The first-order chi connectivity index (χ1) is 17.6. The lowest BCUT2D eigenvalue weighted by molar-refractivity contribution is 0.315. The summed E-state index contributed by atoms with van der Waals surface area (Å²) in [6, 6.07) is 29.5. The van der Waals surface area contributed by atoms with E-state index in [0.717, 1.165) is 42.5 Å². The molecule has 0 spiro atoms. The molecule has 5 nitrogen and oxygen atoms in total. The maximum Gasteiger partial charge on any atom is 0.170 e. The van der Waals surface area contributed by atoms with Gasteiger partial charge in [-0.1, -0.05) is 54.6 Å². The summed E-state index contributed by atoms with van der Waals surface area (Å²) in [5.41, 5.74) is 7.31. The molecule has 0 saturated carbocycles. The van der Waals surface area contributed by atoms with Gasteiger partial charge in [-0.25, -0.2) is 0 Å². The normalized spacial score (nSPS) is 17.3. The van der Waals surface area contributed by atoms with E-state index in [1.807, 2.05) is 18.3 Å². The van der Waals surface area contributed by atoms with Gasteiger partial charge in [0.25, 0.3) is 0 Å². The van der Waals surface area contributed by atoms with Crippen LogP contribution >= 0.6 is 12.2 Å². The first kappa shape index (κ1) is 24.1. The summed E-state index contributed by atoms with van der Waals surface area (Å²) in [5, 5.41) is 7.92. The van der Waals surface area contributed by atoms with Crippen LogP contribution in [-0.2, 0) is 6.54 Å². The third-order valence-corrected chi connectivity index (χ3v) is 7.34. The molecule has 6 heteroatoms. The molecule has 1 aliphatic heterocycles. The molecular weight excluding hydrogens is 462 g/mol. The molecule has 2 N–H and O–H groups in total. The Morgan fingerprint density at radius 2 is 1.67 bits per heavy atom. The van der Waals surface area contributed by atoms with Crippen LogP contribution in [0.1, 0.15) is 46.7 Å². The number of rotatable bonds is 9. The minimum Gasteiger partial charge on any atom is -0.385 e. The maximum absolute atomic E-state index is 5.89. The molecule has 2 atom stereocenters. The number of para-hydroxylation sites is 1.